The van der Waals surface area contributed by atoms with E-state index in [1.165, 1.54) is 0 Å². The molecule has 0 aliphatic carbocycles. The van der Waals surface area contributed by atoms with Crippen molar-refractivity contribution in [1.29, 1.82) is 0 Å². The number of rotatable bonds is 8. The molecular weight excluding hydrogens is 274 g/mol. The number of aliphatic hydroxyl groups is 1. The Kier molecular flexibility index (Phi) is 7.35. The molecule has 0 heterocycles. The number of nitrogens with zero attached hydrogens (tertiary/aromatic N) is 1. The van der Waals surface area contributed by atoms with Gasteiger partial charge in [0.2, 0.25) is 0 Å². The van der Waals surface area contributed by atoms with Crippen LogP contribution in [0.15, 0.2) is 18.2 Å². The van der Waals surface area contributed by atoms with Crippen LogP contribution in [-0.4, -0.2) is 31.4 Å². The molecule has 0 bridgehead atoms. The van der Waals surface area contributed by atoms with E-state index in [9.17, 15) is 5.11 Å². The predicted molar refractivity (Wildman–Crippen MR) is 85.7 cm³/mol. The molecule has 0 aliphatic rings. The molecule has 0 fully saturated rings. The topological polar surface area (TPSA) is 32.7 Å². The van der Waals surface area contributed by atoms with Gasteiger partial charge in [-0.3, -0.25) is 0 Å². The Morgan fingerprint density at radius 1 is 1.30 bits per heavy atom. The summed E-state index contributed by atoms with van der Waals surface area (Å²) in [6.45, 7) is 7.61. The van der Waals surface area contributed by atoms with Crippen molar-refractivity contribution < 1.29 is 9.84 Å². The summed E-state index contributed by atoms with van der Waals surface area (Å²) in [7, 11) is 1.71. The lowest BCUT2D eigenvalue weighted by atomic mass is 10.1. The van der Waals surface area contributed by atoms with Crippen molar-refractivity contribution >= 4 is 17.3 Å². The minimum atomic E-state index is -0.498. The number of halogens is 1. The Hall–Kier alpha value is -0.770. The number of hydrogen-bond acceptors (Lipinski definition) is 3. The largest absolute Gasteiger partial charge is 0.389 e. The Labute approximate surface area is 127 Å². The quantitative estimate of drug-likeness (QED) is 0.786. The summed E-state index contributed by atoms with van der Waals surface area (Å²) in [5.74, 6) is 0. The molecule has 0 aliphatic heterocycles. The van der Waals surface area contributed by atoms with Crippen LogP contribution >= 0.6 is 11.6 Å². The lowest BCUT2D eigenvalue weighted by molar-refractivity contribution is 0.199. The SMILES string of the molecule is CCC(CC)N(CCOC)c1ccc([C@@H](C)O)cc1Cl. The molecule has 0 unspecified atom stereocenters. The molecule has 0 amide bonds. The van der Waals surface area contributed by atoms with Crippen LogP contribution in [0, 0.1) is 0 Å². The number of ether oxygens (including phenoxy) is 1. The standard InChI is InChI=1S/C16H26ClNO2/c1-5-14(6-2)18(9-10-20-4)16-8-7-13(12(3)19)11-15(16)17/h7-8,11-12,14,19H,5-6,9-10H2,1-4H3/t12-/m1/s1. The molecule has 1 N–H and O–H groups in total. The average molecular weight is 300 g/mol. The van der Waals surface area contributed by atoms with Gasteiger partial charge < -0.3 is 14.7 Å². The molecule has 0 saturated heterocycles. The van der Waals surface area contributed by atoms with Crippen molar-refractivity contribution in [1.82, 2.24) is 0 Å². The van der Waals surface area contributed by atoms with Crippen molar-refractivity contribution in [2.45, 2.75) is 45.8 Å². The number of aliphatic hydroxyl groups excluding tert-OH is 1. The van der Waals surface area contributed by atoms with Crippen molar-refractivity contribution in [3.8, 4) is 0 Å². The second-order valence-corrected chi connectivity index (χ2v) is 5.45. The van der Waals surface area contributed by atoms with Gasteiger partial charge in [0.05, 0.1) is 23.4 Å². The van der Waals surface area contributed by atoms with Crippen molar-refractivity contribution in [2.75, 3.05) is 25.2 Å². The fourth-order valence-corrected chi connectivity index (χ4v) is 2.73. The highest BCUT2D eigenvalue weighted by molar-refractivity contribution is 6.33. The van der Waals surface area contributed by atoms with Gasteiger partial charge in [0.15, 0.2) is 0 Å². The zero-order valence-electron chi connectivity index (χ0n) is 12.9. The van der Waals surface area contributed by atoms with Crippen LogP contribution in [0.5, 0.6) is 0 Å². The van der Waals surface area contributed by atoms with Crippen molar-refractivity contribution in [3.63, 3.8) is 0 Å². The molecule has 1 aromatic carbocycles. The van der Waals surface area contributed by atoms with Gasteiger partial charge in [0.25, 0.3) is 0 Å². The van der Waals surface area contributed by atoms with E-state index in [0.29, 0.717) is 17.7 Å². The molecule has 20 heavy (non-hydrogen) atoms. The normalized spacial score (nSPS) is 12.8. The van der Waals surface area contributed by atoms with Crippen LogP contribution in [0.1, 0.15) is 45.3 Å². The first-order chi connectivity index (χ1) is 9.54. The zero-order valence-corrected chi connectivity index (χ0v) is 13.7. The van der Waals surface area contributed by atoms with Gasteiger partial charge in [-0.05, 0) is 37.5 Å². The van der Waals surface area contributed by atoms with Crippen LogP contribution in [-0.2, 0) is 4.74 Å². The first-order valence-electron chi connectivity index (χ1n) is 7.28. The van der Waals surface area contributed by atoms with Gasteiger partial charge in [0.1, 0.15) is 0 Å². The maximum absolute atomic E-state index is 9.63. The lowest BCUT2D eigenvalue weighted by Gasteiger charge is -2.33. The van der Waals surface area contributed by atoms with Gasteiger partial charge in [-0.1, -0.05) is 31.5 Å². The zero-order chi connectivity index (χ0) is 15.1. The van der Waals surface area contributed by atoms with Crippen LogP contribution in [0.25, 0.3) is 0 Å². The Balaban J connectivity index is 3.06. The Bertz CT molecular complexity index is 405. The Morgan fingerprint density at radius 2 is 1.95 bits per heavy atom. The van der Waals surface area contributed by atoms with E-state index in [4.69, 9.17) is 16.3 Å². The molecule has 0 spiro atoms. The van der Waals surface area contributed by atoms with E-state index in [-0.39, 0.29) is 0 Å². The van der Waals surface area contributed by atoms with Crippen molar-refractivity contribution in [2.24, 2.45) is 0 Å². The Morgan fingerprint density at radius 3 is 2.40 bits per heavy atom. The third-order valence-electron chi connectivity index (χ3n) is 3.68. The minimum absolute atomic E-state index is 0.444. The number of anilines is 1. The molecule has 0 radical (unpaired) electrons. The molecule has 0 saturated carbocycles. The van der Waals surface area contributed by atoms with Crippen LogP contribution < -0.4 is 4.90 Å². The van der Waals surface area contributed by atoms with E-state index >= 15 is 0 Å². The second kappa shape index (κ2) is 8.50. The first kappa shape index (κ1) is 17.3. The fraction of sp³-hybridized carbons (Fsp3) is 0.625. The highest BCUT2D eigenvalue weighted by atomic mass is 35.5. The summed E-state index contributed by atoms with van der Waals surface area (Å²) in [5, 5.41) is 10.3. The molecule has 1 rings (SSSR count). The smallest absolute Gasteiger partial charge is 0.0762 e. The van der Waals surface area contributed by atoms with E-state index in [1.807, 2.05) is 18.2 Å². The molecule has 3 nitrogen and oxygen atoms in total. The molecule has 4 heteroatoms. The van der Waals surface area contributed by atoms with Crippen LogP contribution in [0.4, 0.5) is 5.69 Å². The van der Waals surface area contributed by atoms with Crippen LogP contribution in [0.3, 0.4) is 0 Å². The fourth-order valence-electron chi connectivity index (χ4n) is 2.43. The summed E-state index contributed by atoms with van der Waals surface area (Å²) < 4.78 is 5.21. The lowest BCUT2D eigenvalue weighted by Crippen LogP contribution is -2.37. The summed E-state index contributed by atoms with van der Waals surface area (Å²) in [6.07, 6.45) is 1.63. The van der Waals surface area contributed by atoms with Gasteiger partial charge >= 0.3 is 0 Å². The molecule has 1 atom stereocenters. The number of benzene rings is 1. The van der Waals surface area contributed by atoms with Crippen LogP contribution in [0.2, 0.25) is 5.02 Å². The van der Waals surface area contributed by atoms with E-state index in [0.717, 1.165) is 30.6 Å². The highest BCUT2D eigenvalue weighted by Gasteiger charge is 2.18. The second-order valence-electron chi connectivity index (χ2n) is 5.04. The third-order valence-corrected chi connectivity index (χ3v) is 3.99. The monoisotopic (exact) mass is 299 g/mol. The van der Waals surface area contributed by atoms with Gasteiger partial charge in [0, 0.05) is 19.7 Å². The number of methoxy groups -OCH3 is 1. The van der Waals surface area contributed by atoms with Crippen molar-refractivity contribution in [3.05, 3.63) is 28.8 Å². The molecule has 114 valence electrons. The summed E-state index contributed by atoms with van der Waals surface area (Å²) in [4.78, 5) is 2.30. The van der Waals surface area contributed by atoms with E-state index in [2.05, 4.69) is 18.7 Å². The summed E-state index contributed by atoms with van der Waals surface area (Å²) in [6, 6.07) is 6.23. The third kappa shape index (κ3) is 4.37. The number of hydrogen-bond donors (Lipinski definition) is 1. The molecule has 1 aromatic rings. The molecular formula is C16H26ClNO2. The maximum Gasteiger partial charge on any atom is 0.0762 e. The van der Waals surface area contributed by atoms with E-state index < -0.39 is 6.10 Å². The van der Waals surface area contributed by atoms with Gasteiger partial charge in [-0.25, -0.2) is 0 Å². The maximum atomic E-state index is 9.63. The molecule has 0 aromatic heterocycles. The first-order valence-corrected chi connectivity index (χ1v) is 7.65. The predicted octanol–water partition coefficient (Wildman–Crippen LogP) is 4.03. The summed E-state index contributed by atoms with van der Waals surface area (Å²) >= 11 is 6.41. The highest BCUT2D eigenvalue weighted by Crippen LogP contribution is 2.31. The average Bonchev–Trinajstić information content (AvgIpc) is 2.43. The van der Waals surface area contributed by atoms with Gasteiger partial charge in [-0.2, -0.15) is 0 Å². The van der Waals surface area contributed by atoms with E-state index in [1.54, 1.807) is 14.0 Å². The minimum Gasteiger partial charge on any atom is -0.389 e. The van der Waals surface area contributed by atoms with Gasteiger partial charge in [-0.15, -0.1) is 0 Å². The summed E-state index contributed by atoms with van der Waals surface area (Å²) in [5.41, 5.74) is 1.86.